The number of carbonyl (C=O) groups is 1. The summed E-state index contributed by atoms with van der Waals surface area (Å²) in [5.41, 5.74) is 3.96. The number of rotatable bonds is 5. The molecule has 0 heterocycles. The summed E-state index contributed by atoms with van der Waals surface area (Å²) in [6, 6.07) is 4.93. The predicted octanol–water partition coefficient (Wildman–Crippen LogP) is 3.43. The molecule has 23 heavy (non-hydrogen) atoms. The molecule has 1 rings (SSSR count). The van der Waals surface area contributed by atoms with Crippen LogP contribution in [-0.2, 0) is 16.4 Å². The molecule has 1 amide bonds. The topological polar surface area (TPSA) is 46.3 Å². The minimum atomic E-state index is -4.43. The van der Waals surface area contributed by atoms with E-state index in [1.165, 1.54) is 11.0 Å². The van der Waals surface area contributed by atoms with Crippen LogP contribution in [0.15, 0.2) is 24.3 Å². The first-order valence-corrected chi connectivity index (χ1v) is 7.44. The number of carbonyl (C=O) groups excluding carboxylic acids is 1. The Bertz CT molecular complexity index is 565. The lowest BCUT2D eigenvalue weighted by Gasteiger charge is -2.35. The van der Waals surface area contributed by atoms with Gasteiger partial charge in [-0.1, -0.05) is 32.0 Å². The molecule has 2 N–H and O–H groups in total. The van der Waals surface area contributed by atoms with Gasteiger partial charge >= 0.3 is 6.18 Å². The number of nitrogens with two attached hydrogens (primary N) is 1. The number of halogens is 3. The molecule has 130 valence electrons. The summed E-state index contributed by atoms with van der Waals surface area (Å²) in [6.45, 7) is 8.00. The zero-order chi connectivity index (χ0) is 18.1. The first-order valence-electron chi connectivity index (χ1n) is 7.44. The molecule has 3 nitrogen and oxygen atoms in total. The number of hydrogen-bond donors (Lipinski definition) is 1. The second-order valence-electron chi connectivity index (χ2n) is 7.23. The van der Waals surface area contributed by atoms with Gasteiger partial charge in [-0.15, -0.1) is 0 Å². The van der Waals surface area contributed by atoms with Crippen molar-refractivity contribution < 1.29 is 18.0 Å². The van der Waals surface area contributed by atoms with E-state index < -0.39 is 17.2 Å². The quantitative estimate of drug-likeness (QED) is 0.899. The minimum Gasteiger partial charge on any atom is -0.344 e. The average Bonchev–Trinajstić information content (AvgIpc) is 2.45. The molecule has 0 bridgehead atoms. The summed E-state index contributed by atoms with van der Waals surface area (Å²) < 4.78 is 38.6. The highest BCUT2D eigenvalue weighted by Crippen LogP contribution is 2.33. The lowest BCUT2D eigenvalue weighted by atomic mass is 9.81. The van der Waals surface area contributed by atoms with Gasteiger partial charge in [0.05, 0.1) is 11.0 Å². The van der Waals surface area contributed by atoms with Crippen molar-refractivity contribution in [3.8, 4) is 0 Å². The highest BCUT2D eigenvalue weighted by molar-refractivity contribution is 5.87. The standard InChI is InChI=1S/C17H25F3N2O/c1-15(2,10-21)11-22(5)14(23)16(3,4)12-7-6-8-13(9-12)17(18,19)20/h6-9H,10-11,21H2,1-5H3. The van der Waals surface area contributed by atoms with Crippen LogP contribution in [0.4, 0.5) is 13.2 Å². The highest BCUT2D eigenvalue weighted by Gasteiger charge is 2.37. The molecular weight excluding hydrogens is 305 g/mol. The summed E-state index contributed by atoms with van der Waals surface area (Å²) in [5, 5.41) is 0. The van der Waals surface area contributed by atoms with Crippen molar-refractivity contribution in [1.82, 2.24) is 4.90 Å². The zero-order valence-corrected chi connectivity index (χ0v) is 14.3. The van der Waals surface area contributed by atoms with Crippen LogP contribution in [-0.4, -0.2) is 30.9 Å². The van der Waals surface area contributed by atoms with Gasteiger partial charge in [-0.2, -0.15) is 13.2 Å². The Kier molecular flexibility index (Phi) is 5.52. The number of likely N-dealkylation sites (N-methyl/N-ethyl adjacent to an activating group) is 1. The fraction of sp³-hybridized carbons (Fsp3) is 0.588. The van der Waals surface area contributed by atoms with E-state index in [4.69, 9.17) is 5.73 Å². The van der Waals surface area contributed by atoms with Crippen LogP contribution in [0.5, 0.6) is 0 Å². The molecule has 0 aliphatic heterocycles. The molecule has 0 fully saturated rings. The minimum absolute atomic E-state index is 0.238. The van der Waals surface area contributed by atoms with Crippen molar-refractivity contribution in [1.29, 1.82) is 0 Å². The van der Waals surface area contributed by atoms with Crippen LogP contribution in [0.2, 0.25) is 0 Å². The predicted molar refractivity (Wildman–Crippen MR) is 84.9 cm³/mol. The number of hydrogen-bond acceptors (Lipinski definition) is 2. The highest BCUT2D eigenvalue weighted by atomic mass is 19.4. The number of amides is 1. The molecule has 0 aliphatic rings. The van der Waals surface area contributed by atoms with Gasteiger partial charge in [0.15, 0.2) is 0 Å². The molecule has 0 aliphatic carbocycles. The maximum atomic E-state index is 12.9. The van der Waals surface area contributed by atoms with Crippen LogP contribution in [0.25, 0.3) is 0 Å². The SMILES string of the molecule is CN(CC(C)(C)CN)C(=O)C(C)(C)c1cccc(C(F)(F)F)c1. The third-order valence-electron chi connectivity index (χ3n) is 4.01. The van der Waals surface area contributed by atoms with Crippen LogP contribution < -0.4 is 5.73 Å². The van der Waals surface area contributed by atoms with Crippen LogP contribution in [0.1, 0.15) is 38.8 Å². The lowest BCUT2D eigenvalue weighted by Crippen LogP contribution is -2.46. The molecular formula is C17H25F3N2O. The van der Waals surface area contributed by atoms with Gasteiger partial charge in [0.2, 0.25) is 5.91 Å². The number of nitrogens with zero attached hydrogens (tertiary/aromatic N) is 1. The van der Waals surface area contributed by atoms with Crippen LogP contribution >= 0.6 is 0 Å². The van der Waals surface area contributed by atoms with Gasteiger partial charge in [-0.25, -0.2) is 0 Å². The first kappa shape index (κ1) is 19.5. The fourth-order valence-electron chi connectivity index (χ4n) is 2.46. The Balaban J connectivity index is 3.08. The van der Waals surface area contributed by atoms with Crippen molar-refractivity contribution in [2.24, 2.45) is 11.1 Å². The van der Waals surface area contributed by atoms with E-state index >= 15 is 0 Å². The van der Waals surface area contributed by atoms with E-state index in [0.717, 1.165) is 12.1 Å². The largest absolute Gasteiger partial charge is 0.416 e. The van der Waals surface area contributed by atoms with Gasteiger partial charge < -0.3 is 10.6 Å². The molecule has 0 spiro atoms. The smallest absolute Gasteiger partial charge is 0.344 e. The van der Waals surface area contributed by atoms with E-state index in [0.29, 0.717) is 18.7 Å². The Morgan fingerprint density at radius 2 is 1.65 bits per heavy atom. The van der Waals surface area contributed by atoms with Crippen molar-refractivity contribution in [3.63, 3.8) is 0 Å². The van der Waals surface area contributed by atoms with Gasteiger partial charge in [-0.05, 0) is 37.4 Å². The molecule has 0 saturated heterocycles. The number of alkyl halides is 3. The lowest BCUT2D eigenvalue weighted by molar-refractivity contribution is -0.139. The monoisotopic (exact) mass is 330 g/mol. The molecule has 6 heteroatoms. The van der Waals surface area contributed by atoms with Crippen molar-refractivity contribution in [2.45, 2.75) is 39.3 Å². The summed E-state index contributed by atoms with van der Waals surface area (Å²) in [5.74, 6) is -0.238. The second kappa shape index (κ2) is 6.51. The van der Waals surface area contributed by atoms with Crippen molar-refractivity contribution >= 4 is 5.91 Å². The molecule has 0 unspecified atom stereocenters. The second-order valence-corrected chi connectivity index (χ2v) is 7.23. The Morgan fingerprint density at radius 3 is 2.13 bits per heavy atom. The summed E-state index contributed by atoms with van der Waals surface area (Å²) >= 11 is 0. The molecule has 1 aromatic carbocycles. The van der Waals surface area contributed by atoms with E-state index in [1.54, 1.807) is 27.0 Å². The van der Waals surface area contributed by atoms with Gasteiger partial charge in [0, 0.05) is 13.6 Å². The third kappa shape index (κ3) is 4.70. The molecule has 1 aromatic rings. The Labute approximate surface area is 135 Å². The first-order chi connectivity index (χ1) is 10.3. The fourth-order valence-corrected chi connectivity index (χ4v) is 2.46. The van der Waals surface area contributed by atoms with Gasteiger partial charge in [0.25, 0.3) is 0 Å². The van der Waals surface area contributed by atoms with Gasteiger partial charge in [-0.3, -0.25) is 4.79 Å². The average molecular weight is 330 g/mol. The van der Waals surface area contributed by atoms with E-state index in [2.05, 4.69) is 0 Å². The number of benzene rings is 1. The normalized spacial score (nSPS) is 13.1. The Hall–Kier alpha value is -1.56. The summed E-state index contributed by atoms with van der Waals surface area (Å²) in [4.78, 5) is 14.3. The Morgan fingerprint density at radius 1 is 1.13 bits per heavy atom. The van der Waals surface area contributed by atoms with Crippen molar-refractivity contribution in [2.75, 3.05) is 20.1 Å². The summed E-state index contributed by atoms with van der Waals surface area (Å²) in [7, 11) is 1.65. The van der Waals surface area contributed by atoms with Crippen molar-refractivity contribution in [3.05, 3.63) is 35.4 Å². The molecule has 0 aromatic heterocycles. The molecule has 0 atom stereocenters. The zero-order valence-electron chi connectivity index (χ0n) is 14.3. The maximum Gasteiger partial charge on any atom is 0.416 e. The molecule has 0 saturated carbocycles. The van der Waals surface area contributed by atoms with E-state index in [1.807, 2.05) is 13.8 Å². The van der Waals surface area contributed by atoms with Crippen LogP contribution in [0, 0.1) is 5.41 Å². The third-order valence-corrected chi connectivity index (χ3v) is 4.01. The van der Waals surface area contributed by atoms with E-state index in [-0.39, 0.29) is 11.3 Å². The maximum absolute atomic E-state index is 12.9. The van der Waals surface area contributed by atoms with Crippen LogP contribution in [0.3, 0.4) is 0 Å². The van der Waals surface area contributed by atoms with Gasteiger partial charge in [0.1, 0.15) is 0 Å². The molecule has 0 radical (unpaired) electrons. The van der Waals surface area contributed by atoms with E-state index in [9.17, 15) is 18.0 Å². The summed E-state index contributed by atoms with van der Waals surface area (Å²) in [6.07, 6.45) is -4.43.